The van der Waals surface area contributed by atoms with Gasteiger partial charge < -0.3 is 5.73 Å². The van der Waals surface area contributed by atoms with Gasteiger partial charge in [0.15, 0.2) is 0 Å². The van der Waals surface area contributed by atoms with Crippen molar-refractivity contribution in [2.24, 2.45) is 35.3 Å². The molecule has 0 aliphatic heterocycles. The van der Waals surface area contributed by atoms with Crippen molar-refractivity contribution in [3.8, 4) is 0 Å². The number of hydrogen-bond donors (Lipinski definition) is 1. The van der Waals surface area contributed by atoms with E-state index in [4.69, 9.17) is 5.73 Å². The van der Waals surface area contributed by atoms with Crippen molar-refractivity contribution in [1.29, 1.82) is 0 Å². The summed E-state index contributed by atoms with van der Waals surface area (Å²) in [6.07, 6.45) is 14.6. The summed E-state index contributed by atoms with van der Waals surface area (Å²) in [4.78, 5) is 0. The molecule has 0 aromatic heterocycles. The molecule has 0 amide bonds. The summed E-state index contributed by atoms with van der Waals surface area (Å²) in [5, 5.41) is 0. The Morgan fingerprint density at radius 1 is 0.947 bits per heavy atom. The number of nitrogens with two attached hydrogens (primary N) is 1. The zero-order valence-corrected chi connectivity index (χ0v) is 13.2. The predicted octanol–water partition coefficient (Wildman–Crippen LogP) is 4.99. The Labute approximate surface area is 120 Å². The van der Waals surface area contributed by atoms with Crippen LogP contribution in [0.3, 0.4) is 0 Å². The molecular formula is C18H35N. The van der Waals surface area contributed by atoms with Crippen molar-refractivity contribution in [1.82, 2.24) is 0 Å². The van der Waals surface area contributed by atoms with Crippen molar-refractivity contribution in [3.05, 3.63) is 0 Å². The molecule has 0 aromatic rings. The van der Waals surface area contributed by atoms with Gasteiger partial charge in [0.1, 0.15) is 0 Å². The molecule has 2 fully saturated rings. The highest BCUT2D eigenvalue weighted by Gasteiger charge is 2.37. The first-order valence-corrected chi connectivity index (χ1v) is 8.98. The molecule has 4 unspecified atom stereocenters. The van der Waals surface area contributed by atoms with Gasteiger partial charge in [0.2, 0.25) is 0 Å². The first-order valence-electron chi connectivity index (χ1n) is 8.98. The van der Waals surface area contributed by atoms with Gasteiger partial charge in [0, 0.05) is 0 Å². The fourth-order valence-corrected chi connectivity index (χ4v) is 4.97. The van der Waals surface area contributed by atoms with E-state index in [1.54, 1.807) is 0 Å². The Bertz CT molecular complexity index is 246. The Kier molecular flexibility index (Phi) is 6.19. The van der Waals surface area contributed by atoms with Crippen molar-refractivity contribution in [2.75, 3.05) is 6.54 Å². The molecule has 0 spiro atoms. The van der Waals surface area contributed by atoms with Gasteiger partial charge in [-0.25, -0.2) is 0 Å². The lowest BCUT2D eigenvalue weighted by atomic mass is 9.61. The topological polar surface area (TPSA) is 26.0 Å². The van der Waals surface area contributed by atoms with Gasteiger partial charge in [-0.2, -0.15) is 0 Å². The SMILES string of the molecule is CCC(CC)CC1CC2CCCCC2CC1CCN. The van der Waals surface area contributed by atoms with Gasteiger partial charge >= 0.3 is 0 Å². The predicted molar refractivity (Wildman–Crippen MR) is 84.0 cm³/mol. The van der Waals surface area contributed by atoms with Gasteiger partial charge in [-0.05, 0) is 61.8 Å². The minimum Gasteiger partial charge on any atom is -0.330 e. The van der Waals surface area contributed by atoms with Crippen molar-refractivity contribution >= 4 is 0 Å². The third kappa shape index (κ3) is 3.97. The lowest BCUT2D eigenvalue weighted by molar-refractivity contribution is 0.0601. The fourth-order valence-electron chi connectivity index (χ4n) is 4.97. The monoisotopic (exact) mass is 265 g/mol. The van der Waals surface area contributed by atoms with E-state index >= 15 is 0 Å². The van der Waals surface area contributed by atoms with E-state index < -0.39 is 0 Å². The van der Waals surface area contributed by atoms with Crippen molar-refractivity contribution in [3.63, 3.8) is 0 Å². The molecule has 4 atom stereocenters. The number of rotatable bonds is 6. The Morgan fingerprint density at radius 3 is 2.05 bits per heavy atom. The maximum absolute atomic E-state index is 5.89. The van der Waals surface area contributed by atoms with E-state index in [1.807, 2.05) is 0 Å². The van der Waals surface area contributed by atoms with Crippen LogP contribution in [0.1, 0.15) is 78.1 Å². The molecular weight excluding hydrogens is 230 g/mol. The standard InChI is InChI=1S/C18H35N/c1-3-14(4-2)11-18-13-16-8-6-5-7-15(16)12-17(18)9-10-19/h14-18H,3-13,19H2,1-2H3. The van der Waals surface area contributed by atoms with E-state index in [9.17, 15) is 0 Å². The summed E-state index contributed by atoms with van der Waals surface area (Å²) in [7, 11) is 0. The third-order valence-corrected chi connectivity index (χ3v) is 6.27. The molecule has 2 N–H and O–H groups in total. The lowest BCUT2D eigenvalue weighted by Crippen LogP contribution is -2.35. The zero-order chi connectivity index (χ0) is 13.7. The molecule has 19 heavy (non-hydrogen) atoms. The van der Waals surface area contributed by atoms with Gasteiger partial charge in [0.05, 0.1) is 0 Å². The van der Waals surface area contributed by atoms with E-state index in [0.717, 1.165) is 36.1 Å². The summed E-state index contributed by atoms with van der Waals surface area (Å²) >= 11 is 0. The molecule has 2 aliphatic carbocycles. The Balaban J connectivity index is 1.96. The van der Waals surface area contributed by atoms with Crippen LogP contribution in [0, 0.1) is 29.6 Å². The summed E-state index contributed by atoms with van der Waals surface area (Å²) in [6.45, 7) is 5.65. The average molecular weight is 265 g/mol. The van der Waals surface area contributed by atoms with Gasteiger partial charge in [-0.1, -0.05) is 52.4 Å². The molecule has 0 saturated heterocycles. The minimum absolute atomic E-state index is 0.904. The van der Waals surface area contributed by atoms with Crippen LogP contribution in [0.25, 0.3) is 0 Å². The van der Waals surface area contributed by atoms with Crippen LogP contribution in [-0.2, 0) is 0 Å². The summed E-state index contributed by atoms with van der Waals surface area (Å²) in [5.41, 5.74) is 5.89. The third-order valence-electron chi connectivity index (χ3n) is 6.27. The van der Waals surface area contributed by atoms with Crippen LogP contribution < -0.4 is 5.73 Å². The number of hydrogen-bond acceptors (Lipinski definition) is 1. The second-order valence-corrected chi connectivity index (χ2v) is 7.29. The van der Waals surface area contributed by atoms with E-state index in [2.05, 4.69) is 13.8 Å². The molecule has 2 rings (SSSR count). The maximum atomic E-state index is 5.89. The Morgan fingerprint density at radius 2 is 1.53 bits per heavy atom. The molecule has 0 bridgehead atoms. The second-order valence-electron chi connectivity index (χ2n) is 7.29. The number of fused-ring (bicyclic) bond motifs is 1. The second kappa shape index (κ2) is 7.67. The normalized spacial score (nSPS) is 35.4. The highest BCUT2D eigenvalue weighted by molar-refractivity contribution is 4.88. The van der Waals surface area contributed by atoms with Crippen LogP contribution in [0.4, 0.5) is 0 Å². The van der Waals surface area contributed by atoms with Gasteiger partial charge in [0.25, 0.3) is 0 Å². The van der Waals surface area contributed by atoms with E-state index in [1.165, 1.54) is 64.2 Å². The van der Waals surface area contributed by atoms with Crippen molar-refractivity contribution in [2.45, 2.75) is 78.1 Å². The smallest absolute Gasteiger partial charge is 0.00745 e. The summed E-state index contributed by atoms with van der Waals surface area (Å²) in [5.74, 6) is 5.04. The fraction of sp³-hybridized carbons (Fsp3) is 1.00. The van der Waals surface area contributed by atoms with Crippen LogP contribution in [0.2, 0.25) is 0 Å². The Hall–Kier alpha value is -0.0400. The van der Waals surface area contributed by atoms with Crippen LogP contribution in [0.5, 0.6) is 0 Å². The molecule has 2 saturated carbocycles. The summed E-state index contributed by atoms with van der Waals surface area (Å²) in [6, 6.07) is 0. The van der Waals surface area contributed by atoms with Crippen LogP contribution in [0.15, 0.2) is 0 Å². The molecule has 0 aromatic carbocycles. The molecule has 112 valence electrons. The first kappa shape index (κ1) is 15.4. The van der Waals surface area contributed by atoms with Crippen LogP contribution >= 0.6 is 0 Å². The lowest BCUT2D eigenvalue weighted by Gasteiger charge is -2.45. The molecule has 0 radical (unpaired) electrons. The van der Waals surface area contributed by atoms with E-state index in [-0.39, 0.29) is 0 Å². The quantitative estimate of drug-likeness (QED) is 0.719. The van der Waals surface area contributed by atoms with Gasteiger partial charge in [-0.15, -0.1) is 0 Å². The largest absolute Gasteiger partial charge is 0.330 e. The highest BCUT2D eigenvalue weighted by Crippen LogP contribution is 2.48. The summed E-state index contributed by atoms with van der Waals surface area (Å²) < 4.78 is 0. The molecule has 1 heteroatoms. The highest BCUT2D eigenvalue weighted by atomic mass is 14.5. The van der Waals surface area contributed by atoms with E-state index in [0.29, 0.717) is 0 Å². The van der Waals surface area contributed by atoms with Crippen molar-refractivity contribution < 1.29 is 0 Å². The zero-order valence-electron chi connectivity index (χ0n) is 13.2. The minimum atomic E-state index is 0.904. The molecule has 1 nitrogen and oxygen atoms in total. The molecule has 2 aliphatic rings. The van der Waals surface area contributed by atoms with Gasteiger partial charge in [-0.3, -0.25) is 0 Å². The first-order chi connectivity index (χ1) is 9.28. The average Bonchev–Trinajstić information content (AvgIpc) is 2.45. The van der Waals surface area contributed by atoms with Crippen LogP contribution in [-0.4, -0.2) is 6.54 Å². The molecule has 0 heterocycles. The maximum Gasteiger partial charge on any atom is -0.00745 e.